The Morgan fingerprint density at radius 1 is 1.04 bits per heavy atom. The van der Waals surface area contributed by atoms with E-state index in [9.17, 15) is 4.79 Å². The highest BCUT2D eigenvalue weighted by molar-refractivity contribution is 7.99. The fourth-order valence-corrected chi connectivity index (χ4v) is 3.53. The number of benzene rings is 1. The predicted molar refractivity (Wildman–Crippen MR) is 97.4 cm³/mol. The summed E-state index contributed by atoms with van der Waals surface area (Å²) >= 11 is 1.71. The second-order valence-corrected chi connectivity index (χ2v) is 6.94. The molecule has 1 saturated heterocycles. The Morgan fingerprint density at radius 3 is 2.54 bits per heavy atom. The SMILES string of the molecule is O=C(Nc1ccc(SCCN2CCCCC2)nn1)c1ccccc1. The summed E-state index contributed by atoms with van der Waals surface area (Å²) in [6.45, 7) is 3.53. The van der Waals surface area contributed by atoms with Gasteiger partial charge >= 0.3 is 0 Å². The van der Waals surface area contributed by atoms with Gasteiger partial charge in [0.25, 0.3) is 5.91 Å². The topological polar surface area (TPSA) is 58.1 Å². The third kappa shape index (κ3) is 5.04. The Balaban J connectivity index is 1.45. The highest BCUT2D eigenvalue weighted by Crippen LogP contribution is 2.17. The van der Waals surface area contributed by atoms with Gasteiger partial charge in [0.05, 0.1) is 0 Å². The summed E-state index contributed by atoms with van der Waals surface area (Å²) in [7, 11) is 0. The van der Waals surface area contributed by atoms with Crippen LogP contribution in [0.15, 0.2) is 47.5 Å². The van der Waals surface area contributed by atoms with Crippen LogP contribution in [0.4, 0.5) is 5.82 Å². The summed E-state index contributed by atoms with van der Waals surface area (Å²) in [5, 5.41) is 11.9. The second-order valence-electron chi connectivity index (χ2n) is 5.83. The molecular formula is C18H22N4OS. The van der Waals surface area contributed by atoms with E-state index in [2.05, 4.69) is 20.4 Å². The van der Waals surface area contributed by atoms with E-state index < -0.39 is 0 Å². The van der Waals surface area contributed by atoms with Crippen LogP contribution in [0.2, 0.25) is 0 Å². The molecule has 0 unspecified atom stereocenters. The van der Waals surface area contributed by atoms with E-state index in [-0.39, 0.29) is 5.91 Å². The van der Waals surface area contributed by atoms with Crippen LogP contribution in [0.25, 0.3) is 0 Å². The van der Waals surface area contributed by atoms with Crippen molar-refractivity contribution in [2.24, 2.45) is 0 Å². The number of carbonyl (C=O) groups is 1. The van der Waals surface area contributed by atoms with Gasteiger partial charge < -0.3 is 10.2 Å². The molecule has 5 nitrogen and oxygen atoms in total. The Labute approximate surface area is 146 Å². The minimum atomic E-state index is -0.171. The third-order valence-electron chi connectivity index (χ3n) is 4.02. The van der Waals surface area contributed by atoms with Crippen LogP contribution in [0.5, 0.6) is 0 Å². The van der Waals surface area contributed by atoms with Gasteiger partial charge in [0, 0.05) is 17.9 Å². The molecule has 1 aliphatic rings. The number of piperidine rings is 1. The molecular weight excluding hydrogens is 320 g/mol. The molecule has 1 fully saturated rings. The number of hydrogen-bond donors (Lipinski definition) is 1. The molecule has 1 aromatic heterocycles. The molecule has 3 rings (SSSR count). The van der Waals surface area contributed by atoms with E-state index in [1.807, 2.05) is 24.3 Å². The van der Waals surface area contributed by atoms with Crippen molar-refractivity contribution in [3.05, 3.63) is 48.0 Å². The van der Waals surface area contributed by atoms with Crippen LogP contribution >= 0.6 is 11.8 Å². The summed E-state index contributed by atoms with van der Waals surface area (Å²) < 4.78 is 0. The van der Waals surface area contributed by atoms with Crippen molar-refractivity contribution in [3.63, 3.8) is 0 Å². The van der Waals surface area contributed by atoms with E-state index in [1.165, 1.54) is 32.4 Å². The van der Waals surface area contributed by atoms with Gasteiger partial charge in [-0.2, -0.15) is 0 Å². The van der Waals surface area contributed by atoms with Crippen LogP contribution in [0, 0.1) is 0 Å². The highest BCUT2D eigenvalue weighted by Gasteiger charge is 2.10. The standard InChI is InChI=1S/C18H22N4OS/c23-18(15-7-3-1-4-8-15)19-16-9-10-17(21-20-16)24-14-13-22-11-5-2-6-12-22/h1,3-4,7-10H,2,5-6,11-14H2,(H,19,20,23). The van der Waals surface area contributed by atoms with Gasteiger partial charge in [-0.25, -0.2) is 0 Å². The molecule has 6 heteroatoms. The Bertz CT molecular complexity index is 642. The number of anilines is 1. The smallest absolute Gasteiger partial charge is 0.256 e. The number of carbonyl (C=O) groups excluding carboxylic acids is 1. The average Bonchev–Trinajstić information content (AvgIpc) is 2.65. The molecule has 1 N–H and O–H groups in total. The number of nitrogens with one attached hydrogen (secondary N) is 1. The molecule has 24 heavy (non-hydrogen) atoms. The molecule has 0 bridgehead atoms. The molecule has 0 spiro atoms. The van der Waals surface area contributed by atoms with Gasteiger partial charge in [0.1, 0.15) is 5.03 Å². The maximum Gasteiger partial charge on any atom is 0.256 e. The molecule has 1 amide bonds. The highest BCUT2D eigenvalue weighted by atomic mass is 32.2. The summed E-state index contributed by atoms with van der Waals surface area (Å²) in [5.74, 6) is 1.32. The molecule has 0 saturated carbocycles. The summed E-state index contributed by atoms with van der Waals surface area (Å²) in [6, 6.07) is 12.8. The van der Waals surface area contributed by atoms with E-state index in [4.69, 9.17) is 0 Å². The average molecular weight is 342 g/mol. The van der Waals surface area contributed by atoms with Gasteiger partial charge in [0.15, 0.2) is 5.82 Å². The van der Waals surface area contributed by atoms with Crippen LogP contribution < -0.4 is 5.32 Å². The first-order chi connectivity index (χ1) is 11.8. The first kappa shape index (κ1) is 16.9. The lowest BCUT2D eigenvalue weighted by Gasteiger charge is -2.25. The normalized spacial score (nSPS) is 15.2. The van der Waals surface area contributed by atoms with Crippen molar-refractivity contribution in [1.29, 1.82) is 0 Å². The predicted octanol–water partition coefficient (Wildman–Crippen LogP) is 3.31. The zero-order valence-electron chi connectivity index (χ0n) is 13.6. The summed E-state index contributed by atoms with van der Waals surface area (Å²) in [5.41, 5.74) is 0.610. The molecule has 126 valence electrons. The van der Waals surface area contributed by atoms with Gasteiger partial charge in [-0.1, -0.05) is 24.6 Å². The van der Waals surface area contributed by atoms with Gasteiger partial charge in [0.2, 0.25) is 0 Å². The number of aromatic nitrogens is 2. The van der Waals surface area contributed by atoms with Crippen LogP contribution in [0.1, 0.15) is 29.6 Å². The van der Waals surface area contributed by atoms with Crippen LogP contribution in [-0.2, 0) is 0 Å². The first-order valence-corrected chi connectivity index (χ1v) is 9.35. The molecule has 1 aromatic carbocycles. The molecule has 2 aromatic rings. The number of rotatable bonds is 6. The molecule has 0 aliphatic carbocycles. The summed E-state index contributed by atoms with van der Waals surface area (Å²) in [6.07, 6.45) is 4.01. The minimum Gasteiger partial charge on any atom is -0.305 e. The van der Waals surface area contributed by atoms with E-state index in [1.54, 1.807) is 30.0 Å². The van der Waals surface area contributed by atoms with Crippen molar-refractivity contribution < 1.29 is 4.79 Å². The molecule has 0 radical (unpaired) electrons. The lowest BCUT2D eigenvalue weighted by molar-refractivity contribution is 0.102. The zero-order chi connectivity index (χ0) is 16.6. The lowest BCUT2D eigenvalue weighted by atomic mass is 10.1. The van der Waals surface area contributed by atoms with Crippen molar-refractivity contribution >= 4 is 23.5 Å². The number of likely N-dealkylation sites (tertiary alicyclic amines) is 1. The van der Waals surface area contributed by atoms with Crippen molar-refractivity contribution in [1.82, 2.24) is 15.1 Å². The zero-order valence-corrected chi connectivity index (χ0v) is 14.5. The quantitative estimate of drug-likeness (QED) is 0.816. The first-order valence-electron chi connectivity index (χ1n) is 8.36. The third-order valence-corrected chi connectivity index (χ3v) is 4.92. The van der Waals surface area contributed by atoms with Gasteiger partial charge in [-0.15, -0.1) is 22.0 Å². The fourth-order valence-electron chi connectivity index (χ4n) is 2.70. The Kier molecular flexibility index (Phi) is 6.20. The fraction of sp³-hybridized carbons (Fsp3) is 0.389. The van der Waals surface area contributed by atoms with Crippen LogP contribution in [-0.4, -0.2) is 46.4 Å². The number of hydrogen-bond acceptors (Lipinski definition) is 5. The minimum absolute atomic E-state index is 0.171. The van der Waals surface area contributed by atoms with Gasteiger partial charge in [-0.3, -0.25) is 4.79 Å². The maximum absolute atomic E-state index is 12.1. The number of amides is 1. The van der Waals surface area contributed by atoms with Crippen LogP contribution in [0.3, 0.4) is 0 Å². The van der Waals surface area contributed by atoms with Crippen molar-refractivity contribution in [2.45, 2.75) is 24.3 Å². The Hall–Kier alpha value is -1.92. The lowest BCUT2D eigenvalue weighted by Crippen LogP contribution is -2.31. The molecule has 0 atom stereocenters. The van der Waals surface area contributed by atoms with E-state index in [0.29, 0.717) is 11.4 Å². The number of nitrogens with zero attached hydrogens (tertiary/aromatic N) is 3. The van der Waals surface area contributed by atoms with Crippen molar-refractivity contribution in [2.75, 3.05) is 30.7 Å². The molecule has 1 aliphatic heterocycles. The van der Waals surface area contributed by atoms with E-state index >= 15 is 0 Å². The van der Waals surface area contributed by atoms with Crippen molar-refractivity contribution in [3.8, 4) is 0 Å². The molecule has 2 heterocycles. The van der Waals surface area contributed by atoms with Gasteiger partial charge in [-0.05, 0) is 50.2 Å². The summed E-state index contributed by atoms with van der Waals surface area (Å²) in [4.78, 5) is 14.6. The maximum atomic E-state index is 12.1. The van der Waals surface area contributed by atoms with E-state index in [0.717, 1.165) is 17.3 Å². The number of thioether (sulfide) groups is 1. The monoisotopic (exact) mass is 342 g/mol. The Morgan fingerprint density at radius 2 is 1.83 bits per heavy atom. The second kappa shape index (κ2) is 8.80. The largest absolute Gasteiger partial charge is 0.305 e.